The lowest BCUT2D eigenvalue weighted by atomic mass is 10.3. The van der Waals surface area contributed by atoms with Crippen LogP contribution in [0.3, 0.4) is 0 Å². The fourth-order valence-corrected chi connectivity index (χ4v) is 2.12. The molecule has 0 saturated carbocycles. The molecule has 0 spiro atoms. The highest BCUT2D eigenvalue weighted by atomic mass is 35.5. The summed E-state index contributed by atoms with van der Waals surface area (Å²) in [5, 5.41) is 15.2. The van der Waals surface area contributed by atoms with Gasteiger partial charge >= 0.3 is 0 Å². The van der Waals surface area contributed by atoms with E-state index in [0.717, 1.165) is 25.2 Å². The molecule has 0 atom stereocenters. The summed E-state index contributed by atoms with van der Waals surface area (Å²) in [6.07, 6.45) is 5.14. The highest BCUT2D eigenvalue weighted by Gasteiger charge is 2.10. The van der Waals surface area contributed by atoms with E-state index in [9.17, 15) is 4.79 Å². The Labute approximate surface area is 128 Å². The predicted octanol–water partition coefficient (Wildman–Crippen LogP) is 1.92. The number of aromatic nitrogens is 5. The average molecular weight is 311 g/mol. The molecule has 114 valence electrons. The van der Waals surface area contributed by atoms with Crippen LogP contribution in [0.5, 0.6) is 0 Å². The van der Waals surface area contributed by atoms with Gasteiger partial charge < -0.3 is 9.88 Å². The van der Waals surface area contributed by atoms with Crippen LogP contribution in [0.4, 0.5) is 5.69 Å². The number of halogens is 1. The van der Waals surface area contributed by atoms with Crippen molar-refractivity contribution in [2.75, 3.05) is 5.32 Å². The second kappa shape index (κ2) is 7.21. The van der Waals surface area contributed by atoms with E-state index >= 15 is 0 Å². The Hall–Kier alpha value is -1.89. The molecule has 0 unspecified atom stereocenters. The van der Waals surface area contributed by atoms with Crippen molar-refractivity contribution in [1.29, 1.82) is 0 Å². The first-order valence-corrected chi connectivity index (χ1v) is 7.41. The second-order valence-electron chi connectivity index (χ2n) is 4.64. The number of nitrogens with zero attached hydrogens (tertiary/aromatic N) is 5. The molecule has 2 aromatic heterocycles. The summed E-state index contributed by atoms with van der Waals surface area (Å²) < 4.78 is 3.31. The number of anilines is 1. The molecule has 0 saturated heterocycles. The van der Waals surface area contributed by atoms with Crippen molar-refractivity contribution in [2.24, 2.45) is 0 Å². The number of nitrogens with one attached hydrogen (secondary N) is 1. The SMILES string of the molecule is CCCCn1ncc(NCc2nncn2CC)c(Cl)c1=O. The van der Waals surface area contributed by atoms with Gasteiger partial charge in [0.2, 0.25) is 0 Å². The van der Waals surface area contributed by atoms with E-state index in [2.05, 4.69) is 27.5 Å². The van der Waals surface area contributed by atoms with Gasteiger partial charge in [-0.15, -0.1) is 10.2 Å². The smallest absolute Gasteiger partial charge is 0.287 e. The summed E-state index contributed by atoms with van der Waals surface area (Å²) in [7, 11) is 0. The molecule has 2 aromatic rings. The van der Waals surface area contributed by atoms with Crippen LogP contribution in [0.15, 0.2) is 17.3 Å². The van der Waals surface area contributed by atoms with Crippen LogP contribution < -0.4 is 10.9 Å². The van der Waals surface area contributed by atoms with Gasteiger partial charge in [-0.3, -0.25) is 4.79 Å². The van der Waals surface area contributed by atoms with E-state index in [0.29, 0.717) is 18.8 Å². The number of hydrogen-bond acceptors (Lipinski definition) is 5. The molecular formula is C13H19ClN6O. The van der Waals surface area contributed by atoms with Gasteiger partial charge in [0.05, 0.1) is 18.4 Å². The number of rotatable bonds is 7. The van der Waals surface area contributed by atoms with Gasteiger partial charge in [-0.1, -0.05) is 24.9 Å². The largest absolute Gasteiger partial charge is 0.375 e. The van der Waals surface area contributed by atoms with Gasteiger partial charge in [-0.25, -0.2) is 4.68 Å². The summed E-state index contributed by atoms with van der Waals surface area (Å²) >= 11 is 6.11. The van der Waals surface area contributed by atoms with Crippen molar-refractivity contribution in [3.05, 3.63) is 33.7 Å². The van der Waals surface area contributed by atoms with E-state index in [1.165, 1.54) is 4.68 Å². The van der Waals surface area contributed by atoms with Gasteiger partial charge in [0.15, 0.2) is 5.82 Å². The predicted molar refractivity (Wildman–Crippen MR) is 81.4 cm³/mol. The van der Waals surface area contributed by atoms with Crippen molar-refractivity contribution in [3.8, 4) is 0 Å². The Bertz CT molecular complexity index is 650. The summed E-state index contributed by atoms with van der Waals surface area (Å²) in [5.41, 5.74) is 0.243. The molecule has 21 heavy (non-hydrogen) atoms. The molecule has 8 heteroatoms. The topological polar surface area (TPSA) is 77.6 Å². The first kappa shape index (κ1) is 15.5. The van der Waals surface area contributed by atoms with Crippen LogP contribution >= 0.6 is 11.6 Å². The van der Waals surface area contributed by atoms with Crippen LogP contribution in [-0.2, 0) is 19.6 Å². The number of aryl methyl sites for hydroxylation is 2. The fraction of sp³-hybridized carbons (Fsp3) is 0.538. The summed E-state index contributed by atoms with van der Waals surface area (Å²) in [5.74, 6) is 0.781. The minimum Gasteiger partial charge on any atom is -0.375 e. The van der Waals surface area contributed by atoms with E-state index in [1.54, 1.807) is 12.5 Å². The molecule has 1 N–H and O–H groups in total. The third-order valence-corrected chi connectivity index (χ3v) is 3.55. The molecule has 0 aliphatic rings. The molecule has 0 radical (unpaired) electrons. The van der Waals surface area contributed by atoms with Crippen molar-refractivity contribution in [3.63, 3.8) is 0 Å². The molecule has 7 nitrogen and oxygen atoms in total. The highest BCUT2D eigenvalue weighted by molar-refractivity contribution is 6.32. The third kappa shape index (κ3) is 3.60. The van der Waals surface area contributed by atoms with Crippen molar-refractivity contribution < 1.29 is 0 Å². The van der Waals surface area contributed by atoms with Crippen LogP contribution in [0.1, 0.15) is 32.5 Å². The van der Waals surface area contributed by atoms with Crippen molar-refractivity contribution in [2.45, 2.75) is 46.3 Å². The first-order valence-electron chi connectivity index (χ1n) is 7.03. The maximum absolute atomic E-state index is 12.1. The van der Waals surface area contributed by atoms with Crippen LogP contribution in [-0.4, -0.2) is 24.5 Å². The monoisotopic (exact) mass is 310 g/mol. The van der Waals surface area contributed by atoms with E-state index in [1.807, 2.05) is 11.5 Å². The average Bonchev–Trinajstić information content (AvgIpc) is 2.95. The van der Waals surface area contributed by atoms with Gasteiger partial charge in [0.1, 0.15) is 11.3 Å². The maximum atomic E-state index is 12.1. The van der Waals surface area contributed by atoms with Gasteiger partial charge in [-0.05, 0) is 13.3 Å². The Morgan fingerprint density at radius 1 is 1.38 bits per heavy atom. The van der Waals surface area contributed by atoms with Crippen molar-refractivity contribution in [1.82, 2.24) is 24.5 Å². The van der Waals surface area contributed by atoms with Crippen LogP contribution in [0.2, 0.25) is 5.02 Å². The molecule has 2 heterocycles. The van der Waals surface area contributed by atoms with Gasteiger partial charge in [0.25, 0.3) is 5.56 Å². The van der Waals surface area contributed by atoms with Crippen LogP contribution in [0.25, 0.3) is 0 Å². The number of hydrogen-bond donors (Lipinski definition) is 1. The molecule has 0 fully saturated rings. The summed E-state index contributed by atoms with van der Waals surface area (Å²) in [6.45, 7) is 5.88. The summed E-state index contributed by atoms with van der Waals surface area (Å²) in [6, 6.07) is 0. The molecule has 0 amide bonds. The lowest BCUT2D eigenvalue weighted by molar-refractivity contribution is 0.543. The van der Waals surface area contributed by atoms with Gasteiger partial charge in [0, 0.05) is 13.1 Å². The molecule has 0 bridgehead atoms. The molecule has 0 aromatic carbocycles. The third-order valence-electron chi connectivity index (χ3n) is 3.18. The van der Waals surface area contributed by atoms with E-state index < -0.39 is 0 Å². The highest BCUT2D eigenvalue weighted by Crippen LogP contribution is 2.16. The Morgan fingerprint density at radius 2 is 2.19 bits per heavy atom. The molecule has 0 aliphatic carbocycles. The maximum Gasteiger partial charge on any atom is 0.287 e. The van der Waals surface area contributed by atoms with Gasteiger partial charge in [-0.2, -0.15) is 5.10 Å². The number of unbranched alkanes of at least 4 members (excludes halogenated alkanes) is 1. The Morgan fingerprint density at radius 3 is 2.90 bits per heavy atom. The van der Waals surface area contributed by atoms with Crippen LogP contribution in [0, 0.1) is 0 Å². The standard InChI is InChI=1S/C13H19ClN6O/c1-3-5-6-20-13(21)12(14)10(7-17-20)15-8-11-18-16-9-19(11)4-2/h7,9,15H,3-6,8H2,1-2H3. The Balaban J connectivity index is 2.11. The zero-order chi connectivity index (χ0) is 15.2. The first-order chi connectivity index (χ1) is 10.2. The molecular weight excluding hydrogens is 292 g/mol. The fourth-order valence-electron chi connectivity index (χ4n) is 1.91. The second-order valence-corrected chi connectivity index (χ2v) is 5.02. The minimum atomic E-state index is -0.271. The van der Waals surface area contributed by atoms with E-state index in [4.69, 9.17) is 11.6 Å². The minimum absolute atomic E-state index is 0.156. The zero-order valence-electron chi connectivity index (χ0n) is 12.2. The quantitative estimate of drug-likeness (QED) is 0.845. The summed E-state index contributed by atoms with van der Waals surface area (Å²) in [4.78, 5) is 12.1. The lowest BCUT2D eigenvalue weighted by Gasteiger charge is -2.10. The zero-order valence-corrected chi connectivity index (χ0v) is 13.0. The molecule has 2 rings (SSSR count). The normalized spacial score (nSPS) is 10.8. The van der Waals surface area contributed by atoms with E-state index in [-0.39, 0.29) is 10.6 Å². The molecule has 0 aliphatic heterocycles. The Kier molecular flexibility index (Phi) is 5.32. The lowest BCUT2D eigenvalue weighted by Crippen LogP contribution is -2.24. The van der Waals surface area contributed by atoms with Crippen molar-refractivity contribution >= 4 is 17.3 Å².